The average Bonchev–Trinajstić information content (AvgIpc) is 3.50. The molecular formula is C23H28N4O3S. The number of carbonyl (C=O) groups excluding carboxylic acids is 1. The van der Waals surface area contributed by atoms with E-state index in [9.17, 15) is 4.79 Å². The summed E-state index contributed by atoms with van der Waals surface area (Å²) in [6.07, 6.45) is 2.71. The highest BCUT2D eigenvalue weighted by atomic mass is 32.1. The molecule has 0 spiro atoms. The molecule has 3 heterocycles. The molecule has 1 aliphatic rings. The summed E-state index contributed by atoms with van der Waals surface area (Å²) in [4.78, 5) is 20.7. The second kappa shape index (κ2) is 10.1. The maximum Gasteiger partial charge on any atom is 0.241 e. The maximum absolute atomic E-state index is 13.0. The molecule has 1 saturated heterocycles. The Bertz CT molecular complexity index is 971. The summed E-state index contributed by atoms with van der Waals surface area (Å²) in [5, 5.41) is 9.32. The molecule has 2 aromatic heterocycles. The van der Waals surface area contributed by atoms with Crippen LogP contribution in [0.25, 0.3) is 10.7 Å². The molecular weight excluding hydrogens is 412 g/mol. The first-order valence-electron chi connectivity index (χ1n) is 10.7. The van der Waals surface area contributed by atoms with Gasteiger partial charge >= 0.3 is 0 Å². The number of piperidine rings is 1. The number of nitrogens with one attached hydrogen (secondary N) is 1. The van der Waals surface area contributed by atoms with E-state index in [1.807, 2.05) is 41.8 Å². The monoisotopic (exact) mass is 440 g/mol. The zero-order valence-electron chi connectivity index (χ0n) is 17.9. The molecule has 164 valence electrons. The van der Waals surface area contributed by atoms with Gasteiger partial charge in [0.2, 0.25) is 17.6 Å². The van der Waals surface area contributed by atoms with Crippen LogP contribution >= 0.6 is 11.3 Å². The predicted octanol–water partition coefficient (Wildman–Crippen LogP) is 4.29. The zero-order chi connectivity index (χ0) is 21.6. The lowest BCUT2D eigenvalue weighted by Crippen LogP contribution is -2.43. The van der Waals surface area contributed by atoms with Gasteiger partial charge in [-0.2, -0.15) is 4.98 Å². The summed E-state index contributed by atoms with van der Waals surface area (Å²) in [7, 11) is 1.65. The van der Waals surface area contributed by atoms with Crippen molar-refractivity contribution in [2.24, 2.45) is 5.92 Å². The molecule has 7 nitrogen and oxygen atoms in total. The Kier molecular flexibility index (Phi) is 6.99. The number of aromatic nitrogens is 2. The molecule has 3 aromatic rings. The fraction of sp³-hybridized carbons (Fsp3) is 0.435. The van der Waals surface area contributed by atoms with Crippen LogP contribution in [0.3, 0.4) is 0 Å². The Labute approximate surface area is 186 Å². The minimum absolute atomic E-state index is 0.00178. The minimum Gasteiger partial charge on any atom is -0.497 e. The molecule has 1 fully saturated rings. The molecule has 4 rings (SSSR count). The zero-order valence-corrected chi connectivity index (χ0v) is 18.7. The minimum atomic E-state index is -0.0410. The van der Waals surface area contributed by atoms with Crippen molar-refractivity contribution in [3.05, 3.63) is 53.2 Å². The van der Waals surface area contributed by atoms with Crippen LogP contribution in [0, 0.1) is 5.92 Å². The van der Waals surface area contributed by atoms with Gasteiger partial charge < -0.3 is 14.6 Å². The molecule has 31 heavy (non-hydrogen) atoms. The molecule has 0 saturated carbocycles. The standard InChI is InChI=1S/C23H28N4O3S/c1-3-19(16-8-10-18(29-2)11-9-16)24-23(28)17-6-4-12-27(14-17)15-21-25-22(26-30-21)20-7-5-13-31-20/h5,7-11,13,17,19H,3-4,6,12,14-15H2,1-2H3,(H,24,28). The number of hydrogen-bond donors (Lipinski definition) is 1. The summed E-state index contributed by atoms with van der Waals surface area (Å²) in [6, 6.07) is 11.8. The van der Waals surface area contributed by atoms with Gasteiger partial charge in [0.05, 0.1) is 30.5 Å². The third kappa shape index (κ3) is 5.32. The van der Waals surface area contributed by atoms with E-state index in [0.29, 0.717) is 24.8 Å². The van der Waals surface area contributed by atoms with Crippen LogP contribution in [0.4, 0.5) is 0 Å². The van der Waals surface area contributed by atoms with E-state index in [2.05, 4.69) is 27.3 Å². The Morgan fingerprint density at radius 2 is 2.19 bits per heavy atom. The van der Waals surface area contributed by atoms with E-state index >= 15 is 0 Å². The lowest BCUT2D eigenvalue weighted by molar-refractivity contribution is -0.127. The van der Waals surface area contributed by atoms with E-state index in [-0.39, 0.29) is 17.9 Å². The van der Waals surface area contributed by atoms with Gasteiger partial charge in [0.15, 0.2) is 0 Å². The van der Waals surface area contributed by atoms with Gasteiger partial charge in [-0.3, -0.25) is 9.69 Å². The van der Waals surface area contributed by atoms with Gasteiger partial charge in [0.1, 0.15) is 5.75 Å². The fourth-order valence-electron chi connectivity index (χ4n) is 3.98. The van der Waals surface area contributed by atoms with E-state index in [0.717, 1.165) is 42.0 Å². The smallest absolute Gasteiger partial charge is 0.241 e. The van der Waals surface area contributed by atoms with Gasteiger partial charge in [-0.15, -0.1) is 11.3 Å². The van der Waals surface area contributed by atoms with E-state index < -0.39 is 0 Å². The van der Waals surface area contributed by atoms with Crippen LogP contribution in [-0.4, -0.2) is 41.1 Å². The summed E-state index contributed by atoms with van der Waals surface area (Å²) in [5.41, 5.74) is 1.09. The van der Waals surface area contributed by atoms with Crippen LogP contribution in [0.15, 0.2) is 46.3 Å². The Balaban J connectivity index is 1.34. The number of carbonyl (C=O) groups is 1. The number of thiophene rings is 1. The van der Waals surface area contributed by atoms with Crippen LogP contribution in [0.1, 0.15) is 43.7 Å². The summed E-state index contributed by atoms with van der Waals surface area (Å²) in [6.45, 7) is 4.28. The molecule has 0 aliphatic carbocycles. The van der Waals surface area contributed by atoms with Crippen LogP contribution < -0.4 is 10.1 Å². The van der Waals surface area contributed by atoms with Gasteiger partial charge in [-0.1, -0.05) is 30.3 Å². The molecule has 2 atom stereocenters. The molecule has 2 unspecified atom stereocenters. The second-order valence-corrected chi connectivity index (χ2v) is 8.75. The molecule has 0 bridgehead atoms. The molecule has 0 radical (unpaired) electrons. The number of hydrogen-bond acceptors (Lipinski definition) is 7. The van der Waals surface area contributed by atoms with Gasteiger partial charge in [-0.05, 0) is 54.9 Å². The number of amides is 1. The molecule has 1 aromatic carbocycles. The van der Waals surface area contributed by atoms with Gasteiger partial charge in [-0.25, -0.2) is 0 Å². The SMILES string of the molecule is CCC(NC(=O)C1CCCN(Cc2nc(-c3cccs3)no2)C1)c1ccc(OC)cc1. The summed E-state index contributed by atoms with van der Waals surface area (Å²) < 4.78 is 10.7. The first kappa shape index (κ1) is 21.5. The van der Waals surface area contributed by atoms with Crippen LogP contribution in [0.2, 0.25) is 0 Å². The summed E-state index contributed by atoms with van der Waals surface area (Å²) >= 11 is 1.59. The van der Waals surface area contributed by atoms with Crippen LogP contribution in [0.5, 0.6) is 5.75 Å². The largest absolute Gasteiger partial charge is 0.497 e. The quantitative estimate of drug-likeness (QED) is 0.563. The predicted molar refractivity (Wildman–Crippen MR) is 120 cm³/mol. The number of methoxy groups -OCH3 is 1. The maximum atomic E-state index is 13.0. The molecule has 1 aliphatic heterocycles. The third-order valence-electron chi connectivity index (χ3n) is 5.69. The van der Waals surface area contributed by atoms with Crippen molar-refractivity contribution in [3.63, 3.8) is 0 Å². The van der Waals surface area contributed by atoms with E-state index in [1.54, 1.807) is 18.4 Å². The fourth-order valence-corrected chi connectivity index (χ4v) is 4.63. The normalized spacial score (nSPS) is 17.9. The van der Waals surface area contributed by atoms with Crippen LogP contribution in [-0.2, 0) is 11.3 Å². The van der Waals surface area contributed by atoms with Crippen molar-refractivity contribution in [3.8, 4) is 16.5 Å². The lowest BCUT2D eigenvalue weighted by atomic mass is 9.95. The number of rotatable bonds is 8. The second-order valence-electron chi connectivity index (χ2n) is 7.81. The van der Waals surface area contributed by atoms with Crippen molar-refractivity contribution in [1.82, 2.24) is 20.4 Å². The van der Waals surface area contributed by atoms with Crippen molar-refractivity contribution in [2.75, 3.05) is 20.2 Å². The number of ether oxygens (including phenoxy) is 1. The average molecular weight is 441 g/mol. The van der Waals surface area contributed by atoms with Crippen molar-refractivity contribution >= 4 is 17.2 Å². The van der Waals surface area contributed by atoms with Crippen molar-refractivity contribution in [2.45, 2.75) is 38.8 Å². The first-order chi connectivity index (χ1) is 15.2. The highest BCUT2D eigenvalue weighted by Crippen LogP contribution is 2.25. The van der Waals surface area contributed by atoms with E-state index in [1.165, 1.54) is 0 Å². The van der Waals surface area contributed by atoms with Crippen molar-refractivity contribution < 1.29 is 14.1 Å². The number of likely N-dealkylation sites (tertiary alicyclic amines) is 1. The molecule has 8 heteroatoms. The number of benzene rings is 1. The van der Waals surface area contributed by atoms with E-state index in [4.69, 9.17) is 9.26 Å². The number of nitrogens with zero attached hydrogens (tertiary/aromatic N) is 3. The summed E-state index contributed by atoms with van der Waals surface area (Å²) in [5.74, 6) is 2.10. The van der Waals surface area contributed by atoms with Gasteiger partial charge in [0.25, 0.3) is 0 Å². The van der Waals surface area contributed by atoms with Crippen molar-refractivity contribution in [1.29, 1.82) is 0 Å². The highest BCUT2D eigenvalue weighted by Gasteiger charge is 2.28. The van der Waals surface area contributed by atoms with Gasteiger partial charge in [0, 0.05) is 6.54 Å². The first-order valence-corrected chi connectivity index (χ1v) is 11.6. The Morgan fingerprint density at radius 3 is 2.90 bits per heavy atom. The Hall–Kier alpha value is -2.71. The molecule has 1 amide bonds. The topological polar surface area (TPSA) is 80.5 Å². The third-order valence-corrected chi connectivity index (χ3v) is 6.55. The lowest BCUT2D eigenvalue weighted by Gasteiger charge is -2.32. The molecule has 1 N–H and O–H groups in total. The Morgan fingerprint density at radius 1 is 1.35 bits per heavy atom. The highest BCUT2D eigenvalue weighted by molar-refractivity contribution is 7.13.